The Kier molecular flexibility index (Phi) is 7.95. The van der Waals surface area contributed by atoms with Crippen LogP contribution in [0.1, 0.15) is 69.8 Å². The van der Waals surface area contributed by atoms with Gasteiger partial charge in [-0.1, -0.05) is 32.1 Å². The number of benzene rings is 1. The first kappa shape index (κ1) is 22.1. The van der Waals surface area contributed by atoms with E-state index in [1.54, 1.807) is 29.6 Å². The van der Waals surface area contributed by atoms with E-state index in [9.17, 15) is 13.2 Å². The molecule has 2 aliphatic rings. The highest BCUT2D eigenvalue weighted by Crippen LogP contribution is 2.27. The van der Waals surface area contributed by atoms with E-state index < -0.39 is 10.0 Å². The van der Waals surface area contributed by atoms with Gasteiger partial charge in [0.1, 0.15) is 5.75 Å². The molecule has 0 bridgehead atoms. The SMILES string of the molecule is COc1ccc(S(=O)(=O)N2CCCCC2)cc1CCC(=O)NC1CCCCCC1. The highest BCUT2D eigenvalue weighted by Gasteiger charge is 2.26. The Bertz CT molecular complexity index is 780. The van der Waals surface area contributed by atoms with Gasteiger partial charge < -0.3 is 10.1 Å². The predicted octanol–water partition coefficient (Wildman–Crippen LogP) is 3.64. The lowest BCUT2D eigenvalue weighted by atomic mass is 10.1. The highest BCUT2D eigenvalue weighted by atomic mass is 32.2. The maximum absolute atomic E-state index is 13.0. The van der Waals surface area contributed by atoms with Crippen molar-refractivity contribution in [3.8, 4) is 5.75 Å². The molecule has 1 aliphatic carbocycles. The molecule has 1 saturated carbocycles. The van der Waals surface area contributed by atoms with Gasteiger partial charge in [-0.05, 0) is 55.9 Å². The fraction of sp³-hybridized carbons (Fsp3) is 0.682. The van der Waals surface area contributed by atoms with Crippen molar-refractivity contribution >= 4 is 15.9 Å². The van der Waals surface area contributed by atoms with Crippen LogP contribution in [0.25, 0.3) is 0 Å². The van der Waals surface area contributed by atoms with E-state index in [1.165, 1.54) is 25.7 Å². The smallest absolute Gasteiger partial charge is 0.243 e. The monoisotopic (exact) mass is 422 g/mol. The third kappa shape index (κ3) is 5.95. The number of amides is 1. The lowest BCUT2D eigenvalue weighted by molar-refractivity contribution is -0.121. The number of carbonyl (C=O) groups excluding carboxylic acids is 1. The Labute approximate surface area is 175 Å². The first-order chi connectivity index (χ1) is 14.0. The normalized spacial score (nSPS) is 19.5. The van der Waals surface area contributed by atoms with Gasteiger partial charge in [0.25, 0.3) is 0 Å². The average Bonchev–Trinajstić information content (AvgIpc) is 3.01. The summed E-state index contributed by atoms with van der Waals surface area (Å²) in [4.78, 5) is 12.7. The van der Waals surface area contributed by atoms with E-state index in [1.807, 2.05) is 0 Å². The highest BCUT2D eigenvalue weighted by molar-refractivity contribution is 7.89. The Hall–Kier alpha value is -1.60. The number of piperidine rings is 1. The van der Waals surface area contributed by atoms with E-state index in [2.05, 4.69) is 5.32 Å². The molecule has 7 heteroatoms. The number of sulfonamides is 1. The van der Waals surface area contributed by atoms with Crippen molar-refractivity contribution in [2.45, 2.75) is 81.6 Å². The molecule has 6 nitrogen and oxygen atoms in total. The van der Waals surface area contributed by atoms with Gasteiger partial charge in [-0.2, -0.15) is 4.31 Å². The van der Waals surface area contributed by atoms with Crippen molar-refractivity contribution in [2.24, 2.45) is 0 Å². The first-order valence-corrected chi connectivity index (χ1v) is 12.4. The molecule has 1 N–H and O–H groups in total. The minimum Gasteiger partial charge on any atom is -0.496 e. The van der Waals surface area contributed by atoms with Crippen molar-refractivity contribution in [3.63, 3.8) is 0 Å². The number of carbonyl (C=O) groups is 1. The number of nitrogens with zero attached hydrogens (tertiary/aromatic N) is 1. The average molecular weight is 423 g/mol. The van der Waals surface area contributed by atoms with Gasteiger partial charge in [0.2, 0.25) is 15.9 Å². The van der Waals surface area contributed by atoms with Crippen LogP contribution in [-0.4, -0.2) is 44.9 Å². The molecule has 2 fully saturated rings. The minimum atomic E-state index is -3.50. The van der Waals surface area contributed by atoms with E-state index in [-0.39, 0.29) is 11.9 Å². The van der Waals surface area contributed by atoms with Gasteiger partial charge >= 0.3 is 0 Å². The maximum Gasteiger partial charge on any atom is 0.243 e. The molecule has 1 aliphatic heterocycles. The summed E-state index contributed by atoms with van der Waals surface area (Å²) < 4.78 is 32.9. The third-order valence-electron chi connectivity index (χ3n) is 6.05. The van der Waals surface area contributed by atoms with Gasteiger partial charge in [0.05, 0.1) is 12.0 Å². The van der Waals surface area contributed by atoms with Crippen LogP contribution in [0, 0.1) is 0 Å². The Morgan fingerprint density at radius 1 is 1.07 bits per heavy atom. The predicted molar refractivity (Wildman–Crippen MR) is 114 cm³/mol. The summed E-state index contributed by atoms with van der Waals surface area (Å²) >= 11 is 0. The summed E-state index contributed by atoms with van der Waals surface area (Å²) in [6, 6.07) is 5.27. The Morgan fingerprint density at radius 2 is 1.72 bits per heavy atom. The van der Waals surface area contributed by atoms with Crippen LogP contribution in [0.5, 0.6) is 5.75 Å². The Morgan fingerprint density at radius 3 is 2.38 bits per heavy atom. The van der Waals surface area contributed by atoms with Crippen molar-refractivity contribution in [2.75, 3.05) is 20.2 Å². The van der Waals surface area contributed by atoms with Crippen LogP contribution < -0.4 is 10.1 Å². The molecule has 0 atom stereocenters. The second kappa shape index (κ2) is 10.4. The van der Waals surface area contributed by atoms with Crippen LogP contribution in [0.3, 0.4) is 0 Å². The standard InChI is InChI=1S/C22H34N2O4S/c1-28-21-13-12-20(29(26,27)24-15-7-4-8-16-24)17-18(21)11-14-22(25)23-19-9-5-2-3-6-10-19/h12-13,17,19H,2-11,14-16H2,1H3,(H,23,25). The van der Waals surface area contributed by atoms with Crippen LogP contribution >= 0.6 is 0 Å². The molecular weight excluding hydrogens is 388 g/mol. The number of ether oxygens (including phenoxy) is 1. The van der Waals surface area contributed by atoms with Gasteiger partial charge in [-0.3, -0.25) is 4.79 Å². The summed E-state index contributed by atoms with van der Waals surface area (Å²) in [5.74, 6) is 0.660. The van der Waals surface area contributed by atoms with Gasteiger partial charge in [0, 0.05) is 25.6 Å². The van der Waals surface area contributed by atoms with Crippen molar-refractivity contribution in [3.05, 3.63) is 23.8 Å². The molecule has 3 rings (SSSR count). The molecule has 0 unspecified atom stereocenters. The molecule has 0 aromatic heterocycles. The van der Waals surface area contributed by atoms with Gasteiger partial charge in [0.15, 0.2) is 0 Å². The lowest BCUT2D eigenvalue weighted by Gasteiger charge is -2.26. The van der Waals surface area contributed by atoms with E-state index in [0.29, 0.717) is 36.6 Å². The number of aryl methyl sites for hydroxylation is 1. The fourth-order valence-corrected chi connectivity index (χ4v) is 5.91. The summed E-state index contributed by atoms with van der Waals surface area (Å²) in [5.41, 5.74) is 0.765. The third-order valence-corrected chi connectivity index (χ3v) is 7.94. The molecule has 29 heavy (non-hydrogen) atoms. The number of hydrogen-bond acceptors (Lipinski definition) is 4. The number of rotatable bonds is 7. The number of nitrogens with one attached hydrogen (secondary N) is 1. The number of methoxy groups -OCH3 is 1. The van der Waals surface area contributed by atoms with Crippen LogP contribution in [0.2, 0.25) is 0 Å². The van der Waals surface area contributed by atoms with Crippen LogP contribution in [0.15, 0.2) is 23.1 Å². The maximum atomic E-state index is 13.0. The zero-order chi connectivity index (χ0) is 20.7. The largest absolute Gasteiger partial charge is 0.496 e. The zero-order valence-electron chi connectivity index (χ0n) is 17.5. The number of hydrogen-bond donors (Lipinski definition) is 1. The van der Waals surface area contributed by atoms with E-state index in [4.69, 9.17) is 4.74 Å². The van der Waals surface area contributed by atoms with Crippen LogP contribution in [0.4, 0.5) is 0 Å². The molecule has 1 aromatic carbocycles. The fourth-order valence-electron chi connectivity index (χ4n) is 4.34. The van der Waals surface area contributed by atoms with Crippen LogP contribution in [-0.2, 0) is 21.2 Å². The summed E-state index contributed by atoms with van der Waals surface area (Å²) in [6.07, 6.45) is 10.7. The summed E-state index contributed by atoms with van der Waals surface area (Å²) in [6.45, 7) is 1.15. The van der Waals surface area contributed by atoms with Crippen molar-refractivity contribution < 1.29 is 17.9 Å². The van der Waals surface area contributed by atoms with Gasteiger partial charge in [-0.25, -0.2) is 8.42 Å². The topological polar surface area (TPSA) is 75.7 Å². The second-order valence-corrected chi connectivity index (χ2v) is 10.1. The second-order valence-electron chi connectivity index (χ2n) is 8.19. The summed E-state index contributed by atoms with van der Waals surface area (Å²) in [5, 5.41) is 3.16. The quantitative estimate of drug-likeness (QED) is 0.681. The summed E-state index contributed by atoms with van der Waals surface area (Å²) in [7, 11) is -1.92. The molecule has 0 spiro atoms. The minimum absolute atomic E-state index is 0.0308. The first-order valence-electron chi connectivity index (χ1n) is 11.0. The zero-order valence-corrected chi connectivity index (χ0v) is 18.3. The van der Waals surface area contributed by atoms with E-state index in [0.717, 1.165) is 37.7 Å². The lowest BCUT2D eigenvalue weighted by Crippen LogP contribution is -2.35. The molecule has 1 amide bonds. The molecule has 162 valence electrons. The van der Waals surface area contributed by atoms with Crippen molar-refractivity contribution in [1.29, 1.82) is 0 Å². The molecule has 1 heterocycles. The molecular formula is C22H34N2O4S. The van der Waals surface area contributed by atoms with Crippen molar-refractivity contribution in [1.82, 2.24) is 9.62 Å². The molecule has 1 saturated heterocycles. The Balaban J connectivity index is 1.66. The van der Waals surface area contributed by atoms with Gasteiger partial charge in [-0.15, -0.1) is 0 Å². The molecule has 1 aromatic rings. The molecule has 0 radical (unpaired) electrons. The van der Waals surface area contributed by atoms with E-state index >= 15 is 0 Å².